The molecule has 2 aliphatic heterocycles. The van der Waals surface area contributed by atoms with E-state index in [9.17, 15) is 0 Å². The second-order valence-electron chi connectivity index (χ2n) is 5.80. The molecule has 1 atom stereocenters. The number of fused-ring (bicyclic) bond motifs is 2. The number of anilines is 1. The van der Waals surface area contributed by atoms with Crippen LogP contribution in [0, 0.1) is 0 Å². The van der Waals surface area contributed by atoms with E-state index in [2.05, 4.69) is 49.5 Å². The van der Waals surface area contributed by atoms with Crippen molar-refractivity contribution in [3.63, 3.8) is 0 Å². The lowest BCUT2D eigenvalue weighted by molar-refractivity contribution is 0.174. The van der Waals surface area contributed by atoms with E-state index in [4.69, 9.17) is 9.47 Å². The number of benzene rings is 2. The third-order valence-electron chi connectivity index (χ3n) is 4.30. The molecule has 0 fully saturated rings. The minimum atomic E-state index is -0.0769. The fourth-order valence-corrected chi connectivity index (χ4v) is 3.33. The van der Waals surface area contributed by atoms with Crippen LogP contribution in [0.5, 0.6) is 11.5 Å². The zero-order chi connectivity index (χ0) is 16.8. The first kappa shape index (κ1) is 14.5. The molecule has 1 N–H and O–H groups in total. The number of aromatic nitrogens is 3. The van der Waals surface area contributed by atoms with E-state index in [1.54, 1.807) is 6.33 Å². The standard InChI is InChI=1S/C18H13BrN4O2/c19-13-4-1-11(2-5-13)14-8-15(23-18(22-14)20-9-21-23)12-3-6-16-17(7-12)25-10-24-16/h1-9,15H,10H2,(H,20,21,22)/t15-/m1/s1. The van der Waals surface area contributed by atoms with Crippen molar-refractivity contribution in [1.29, 1.82) is 0 Å². The van der Waals surface area contributed by atoms with Crippen LogP contribution in [0.15, 0.2) is 59.3 Å². The van der Waals surface area contributed by atoms with Gasteiger partial charge in [0.15, 0.2) is 11.5 Å². The highest BCUT2D eigenvalue weighted by Gasteiger charge is 2.25. The molecule has 25 heavy (non-hydrogen) atoms. The van der Waals surface area contributed by atoms with Crippen LogP contribution in [0.25, 0.3) is 5.70 Å². The van der Waals surface area contributed by atoms with E-state index in [-0.39, 0.29) is 12.8 Å². The highest BCUT2D eigenvalue weighted by Crippen LogP contribution is 2.38. The number of nitrogens with one attached hydrogen (secondary N) is 1. The maximum Gasteiger partial charge on any atom is 0.231 e. The van der Waals surface area contributed by atoms with Gasteiger partial charge in [-0.1, -0.05) is 34.1 Å². The Balaban J connectivity index is 1.60. The Morgan fingerprint density at radius 3 is 2.80 bits per heavy atom. The van der Waals surface area contributed by atoms with Gasteiger partial charge in [-0.2, -0.15) is 10.1 Å². The Morgan fingerprint density at radius 1 is 1.08 bits per heavy atom. The normalized spacial score (nSPS) is 17.6. The maximum absolute atomic E-state index is 5.51. The van der Waals surface area contributed by atoms with E-state index < -0.39 is 0 Å². The zero-order valence-electron chi connectivity index (χ0n) is 13.0. The smallest absolute Gasteiger partial charge is 0.231 e. The highest BCUT2D eigenvalue weighted by atomic mass is 79.9. The van der Waals surface area contributed by atoms with Crippen LogP contribution in [0.3, 0.4) is 0 Å². The van der Waals surface area contributed by atoms with Crippen molar-refractivity contribution in [2.24, 2.45) is 0 Å². The van der Waals surface area contributed by atoms with Gasteiger partial charge in [0.1, 0.15) is 12.4 Å². The average molecular weight is 397 g/mol. The molecule has 0 spiro atoms. The quantitative estimate of drug-likeness (QED) is 0.713. The highest BCUT2D eigenvalue weighted by molar-refractivity contribution is 9.10. The Morgan fingerprint density at radius 2 is 1.92 bits per heavy atom. The fourth-order valence-electron chi connectivity index (χ4n) is 3.07. The van der Waals surface area contributed by atoms with Crippen LogP contribution in [0.1, 0.15) is 17.2 Å². The summed E-state index contributed by atoms with van der Waals surface area (Å²) in [6, 6.07) is 14.1. The van der Waals surface area contributed by atoms with Crippen molar-refractivity contribution >= 4 is 27.6 Å². The monoisotopic (exact) mass is 396 g/mol. The first-order valence-electron chi connectivity index (χ1n) is 7.82. The topological polar surface area (TPSA) is 61.2 Å². The van der Waals surface area contributed by atoms with Crippen molar-refractivity contribution in [3.05, 3.63) is 70.5 Å². The van der Waals surface area contributed by atoms with Crippen molar-refractivity contribution < 1.29 is 9.47 Å². The van der Waals surface area contributed by atoms with E-state index >= 15 is 0 Å². The SMILES string of the molecule is Brc1ccc(C2=C[C@H](c3ccc4c(c3)OCO4)n3ncnc3N2)cc1. The summed E-state index contributed by atoms with van der Waals surface area (Å²) in [6.07, 6.45) is 3.70. The molecule has 2 aliphatic rings. The molecule has 124 valence electrons. The number of rotatable bonds is 2. The van der Waals surface area contributed by atoms with E-state index in [1.165, 1.54) is 0 Å². The first-order valence-corrected chi connectivity index (χ1v) is 8.61. The van der Waals surface area contributed by atoms with Crippen LogP contribution in [0.4, 0.5) is 5.95 Å². The predicted molar refractivity (Wildman–Crippen MR) is 96.5 cm³/mol. The molecule has 0 saturated heterocycles. The first-order chi connectivity index (χ1) is 12.3. The third kappa shape index (κ3) is 2.47. The van der Waals surface area contributed by atoms with E-state index in [0.29, 0.717) is 5.95 Å². The van der Waals surface area contributed by atoms with Crippen molar-refractivity contribution in [3.8, 4) is 11.5 Å². The molecular formula is C18H13BrN4O2. The van der Waals surface area contributed by atoms with Crippen molar-refractivity contribution in [2.75, 3.05) is 12.1 Å². The molecular weight excluding hydrogens is 384 g/mol. The third-order valence-corrected chi connectivity index (χ3v) is 4.83. The Hall–Kier alpha value is -2.80. The van der Waals surface area contributed by atoms with Gasteiger partial charge in [0.05, 0.1) is 0 Å². The summed E-state index contributed by atoms with van der Waals surface area (Å²) in [5, 5.41) is 7.71. The van der Waals surface area contributed by atoms with Crippen molar-refractivity contribution in [2.45, 2.75) is 6.04 Å². The zero-order valence-corrected chi connectivity index (χ0v) is 14.6. The molecule has 2 aromatic carbocycles. The fraction of sp³-hybridized carbons (Fsp3) is 0.111. The lowest BCUT2D eigenvalue weighted by atomic mass is 10.0. The van der Waals surface area contributed by atoms with Crippen LogP contribution >= 0.6 is 15.9 Å². The van der Waals surface area contributed by atoms with Gasteiger partial charge in [0.2, 0.25) is 12.7 Å². The molecule has 0 saturated carbocycles. The second kappa shape index (κ2) is 5.63. The van der Waals surface area contributed by atoms with Gasteiger partial charge in [0.25, 0.3) is 0 Å². The second-order valence-corrected chi connectivity index (χ2v) is 6.71. The number of ether oxygens (including phenoxy) is 2. The summed E-state index contributed by atoms with van der Waals surface area (Å²) in [5.74, 6) is 2.24. The van der Waals surface area contributed by atoms with Gasteiger partial charge in [-0.05, 0) is 41.5 Å². The Bertz CT molecular complexity index is 981. The van der Waals surface area contributed by atoms with Gasteiger partial charge in [-0.3, -0.25) is 0 Å². The molecule has 0 unspecified atom stereocenters. The summed E-state index contributed by atoms with van der Waals surface area (Å²) in [6.45, 7) is 0.263. The molecule has 7 heteroatoms. The van der Waals surface area contributed by atoms with Gasteiger partial charge in [0, 0.05) is 10.2 Å². The predicted octanol–water partition coefficient (Wildman–Crippen LogP) is 3.83. The van der Waals surface area contributed by atoms with Crippen LogP contribution in [-0.4, -0.2) is 21.6 Å². The molecule has 0 radical (unpaired) electrons. The molecule has 0 amide bonds. The van der Waals surface area contributed by atoms with Crippen LogP contribution < -0.4 is 14.8 Å². The number of halogens is 1. The van der Waals surface area contributed by atoms with E-state index in [1.807, 2.05) is 35.0 Å². The summed E-state index contributed by atoms with van der Waals surface area (Å²) < 4.78 is 13.8. The van der Waals surface area contributed by atoms with Gasteiger partial charge in [-0.25, -0.2) is 4.68 Å². The minimum absolute atomic E-state index is 0.0769. The van der Waals surface area contributed by atoms with Gasteiger partial charge >= 0.3 is 0 Å². The summed E-state index contributed by atoms with van der Waals surface area (Å²) >= 11 is 3.47. The number of hydrogen-bond donors (Lipinski definition) is 1. The number of hydrogen-bond acceptors (Lipinski definition) is 5. The maximum atomic E-state index is 5.51. The summed E-state index contributed by atoms with van der Waals surface area (Å²) in [5.41, 5.74) is 3.14. The molecule has 1 aromatic heterocycles. The Kier molecular flexibility index (Phi) is 3.27. The average Bonchev–Trinajstić information content (AvgIpc) is 3.29. The molecule has 0 aliphatic carbocycles. The van der Waals surface area contributed by atoms with Gasteiger partial charge in [-0.15, -0.1) is 0 Å². The Labute approximate surface area is 152 Å². The molecule has 3 heterocycles. The van der Waals surface area contributed by atoms with Crippen molar-refractivity contribution in [1.82, 2.24) is 14.8 Å². The molecule has 6 nitrogen and oxygen atoms in total. The number of allylic oxidation sites excluding steroid dienone is 1. The minimum Gasteiger partial charge on any atom is -0.454 e. The van der Waals surface area contributed by atoms with E-state index in [0.717, 1.165) is 32.8 Å². The molecule has 5 rings (SSSR count). The molecule has 3 aromatic rings. The number of nitrogens with zero attached hydrogens (tertiary/aromatic N) is 3. The lowest BCUT2D eigenvalue weighted by Gasteiger charge is -2.24. The van der Waals surface area contributed by atoms with Gasteiger partial charge < -0.3 is 14.8 Å². The summed E-state index contributed by atoms with van der Waals surface area (Å²) in [7, 11) is 0. The molecule has 0 bridgehead atoms. The van der Waals surface area contributed by atoms with Crippen LogP contribution in [0.2, 0.25) is 0 Å². The lowest BCUT2D eigenvalue weighted by Crippen LogP contribution is -2.20. The largest absolute Gasteiger partial charge is 0.454 e. The summed E-state index contributed by atoms with van der Waals surface area (Å²) in [4.78, 5) is 4.33. The van der Waals surface area contributed by atoms with Crippen LogP contribution in [-0.2, 0) is 0 Å².